The van der Waals surface area contributed by atoms with Gasteiger partial charge in [0.1, 0.15) is 23.6 Å². The van der Waals surface area contributed by atoms with Crippen molar-refractivity contribution in [1.82, 2.24) is 24.6 Å². The van der Waals surface area contributed by atoms with Crippen LogP contribution in [0, 0.1) is 0 Å². The zero-order valence-corrected chi connectivity index (χ0v) is 21.8. The number of hydrogen-bond donors (Lipinski definition) is 2. The van der Waals surface area contributed by atoms with E-state index in [1.165, 1.54) is 12.4 Å². The molecule has 2 aliphatic heterocycles. The summed E-state index contributed by atoms with van der Waals surface area (Å²) in [5.74, 6) is 1.31. The lowest BCUT2D eigenvalue weighted by molar-refractivity contribution is -0.127. The summed E-state index contributed by atoms with van der Waals surface area (Å²) in [4.78, 5) is 35.7. The maximum Gasteiger partial charge on any atom is 0.255 e. The number of likely N-dealkylation sites (tertiary alicyclic amines) is 1. The summed E-state index contributed by atoms with van der Waals surface area (Å²) in [6, 6.07) is 10.2. The van der Waals surface area contributed by atoms with E-state index in [4.69, 9.17) is 25.0 Å². The van der Waals surface area contributed by atoms with E-state index in [0.717, 1.165) is 12.8 Å². The molecule has 0 unspecified atom stereocenters. The molecule has 0 bridgehead atoms. The van der Waals surface area contributed by atoms with Gasteiger partial charge in [0.2, 0.25) is 12.7 Å². The van der Waals surface area contributed by atoms with E-state index in [1.807, 2.05) is 4.68 Å². The molecule has 204 valence electrons. The van der Waals surface area contributed by atoms with Gasteiger partial charge in [-0.05, 0) is 55.3 Å². The van der Waals surface area contributed by atoms with Gasteiger partial charge in [0.25, 0.3) is 5.91 Å². The topological polar surface area (TPSA) is 147 Å². The standard InChI is InChI=1S/C28H27N7O5/c1-3-21(36)34-12-4-5-17(13-34)35-27-22(26(29)30-14-31-27)23(33-35)19-10-11-20(25-24(19)39-15-40-25)32-28(37)16-6-8-18(38-2)9-7-16/h3,6-11,14,17H,1,4-5,12-13,15H2,2H3,(H,32,37)(H2,29,30,31)/t17-/m1/s1. The second-order valence-electron chi connectivity index (χ2n) is 9.44. The summed E-state index contributed by atoms with van der Waals surface area (Å²) >= 11 is 0. The SMILES string of the molecule is C=CC(=O)N1CCC[C@@H](n2nc(-c3ccc(NC(=O)c4ccc(OC)cc4)c4c3OCO4)c3c(N)ncnc32)C1. The van der Waals surface area contributed by atoms with Crippen molar-refractivity contribution in [2.45, 2.75) is 18.9 Å². The number of rotatable bonds is 6. The first-order valence-electron chi connectivity index (χ1n) is 12.8. The number of carbonyl (C=O) groups is 2. The van der Waals surface area contributed by atoms with Gasteiger partial charge in [-0.25, -0.2) is 14.6 Å². The molecule has 2 amide bonds. The highest BCUT2D eigenvalue weighted by Gasteiger charge is 2.31. The number of amides is 2. The third-order valence-corrected chi connectivity index (χ3v) is 7.12. The van der Waals surface area contributed by atoms with Crippen LogP contribution >= 0.6 is 0 Å². The number of methoxy groups -OCH3 is 1. The van der Waals surface area contributed by atoms with Crippen LogP contribution in [0.3, 0.4) is 0 Å². The smallest absolute Gasteiger partial charge is 0.255 e. The molecule has 1 atom stereocenters. The lowest BCUT2D eigenvalue weighted by atomic mass is 10.1. The Kier molecular flexibility index (Phi) is 6.42. The number of anilines is 2. The lowest BCUT2D eigenvalue weighted by Gasteiger charge is -2.32. The highest BCUT2D eigenvalue weighted by molar-refractivity contribution is 6.06. The van der Waals surface area contributed by atoms with Gasteiger partial charge in [-0.15, -0.1) is 0 Å². The van der Waals surface area contributed by atoms with Gasteiger partial charge >= 0.3 is 0 Å². The van der Waals surface area contributed by atoms with Crippen LogP contribution < -0.4 is 25.3 Å². The minimum absolute atomic E-state index is 0.0242. The quantitative estimate of drug-likeness (QED) is 0.351. The van der Waals surface area contributed by atoms with Crippen LogP contribution in [0.15, 0.2) is 55.4 Å². The van der Waals surface area contributed by atoms with Crippen molar-refractivity contribution < 1.29 is 23.8 Å². The number of hydrogen-bond acceptors (Lipinski definition) is 9. The third-order valence-electron chi connectivity index (χ3n) is 7.12. The van der Waals surface area contributed by atoms with Crippen molar-refractivity contribution in [2.75, 3.05) is 38.0 Å². The molecule has 0 radical (unpaired) electrons. The van der Waals surface area contributed by atoms with Crippen LogP contribution in [-0.4, -0.2) is 63.5 Å². The molecular weight excluding hydrogens is 514 g/mol. The van der Waals surface area contributed by atoms with E-state index in [9.17, 15) is 9.59 Å². The molecule has 4 heterocycles. The van der Waals surface area contributed by atoms with Gasteiger partial charge in [-0.1, -0.05) is 6.58 Å². The zero-order chi connectivity index (χ0) is 27.8. The second-order valence-corrected chi connectivity index (χ2v) is 9.44. The Hall–Kier alpha value is -5.13. The van der Waals surface area contributed by atoms with Crippen molar-refractivity contribution in [3.8, 4) is 28.5 Å². The Labute approximate surface area is 229 Å². The molecule has 12 nitrogen and oxygen atoms in total. The molecule has 2 aromatic heterocycles. The molecule has 3 N–H and O–H groups in total. The molecule has 2 aliphatic rings. The average Bonchev–Trinajstić information content (AvgIpc) is 3.64. The summed E-state index contributed by atoms with van der Waals surface area (Å²) in [6.45, 7) is 4.72. The van der Waals surface area contributed by atoms with Crippen LogP contribution in [0.1, 0.15) is 29.2 Å². The predicted molar refractivity (Wildman–Crippen MR) is 147 cm³/mol. The lowest BCUT2D eigenvalue weighted by Crippen LogP contribution is -2.40. The van der Waals surface area contributed by atoms with Gasteiger partial charge in [-0.2, -0.15) is 5.10 Å². The van der Waals surface area contributed by atoms with E-state index in [-0.39, 0.29) is 30.5 Å². The van der Waals surface area contributed by atoms with Crippen LogP contribution in [0.25, 0.3) is 22.3 Å². The maximum absolute atomic E-state index is 12.9. The van der Waals surface area contributed by atoms with Gasteiger partial charge in [0.05, 0.1) is 24.2 Å². The Balaban J connectivity index is 1.38. The molecule has 1 fully saturated rings. The van der Waals surface area contributed by atoms with E-state index < -0.39 is 0 Å². The molecule has 6 rings (SSSR count). The van der Waals surface area contributed by atoms with E-state index in [2.05, 4.69) is 21.9 Å². The largest absolute Gasteiger partial charge is 0.497 e. The van der Waals surface area contributed by atoms with Crippen molar-refractivity contribution in [3.05, 3.63) is 60.9 Å². The molecule has 40 heavy (non-hydrogen) atoms. The van der Waals surface area contributed by atoms with Gasteiger partial charge in [0.15, 0.2) is 17.1 Å². The number of nitrogen functional groups attached to an aromatic ring is 1. The Morgan fingerprint density at radius 1 is 1.15 bits per heavy atom. The fourth-order valence-electron chi connectivity index (χ4n) is 5.14. The van der Waals surface area contributed by atoms with Crippen LogP contribution in [-0.2, 0) is 4.79 Å². The van der Waals surface area contributed by atoms with E-state index in [0.29, 0.717) is 63.9 Å². The van der Waals surface area contributed by atoms with E-state index in [1.54, 1.807) is 48.4 Å². The number of fused-ring (bicyclic) bond motifs is 2. The molecule has 0 spiro atoms. The normalized spacial score (nSPS) is 16.1. The average molecular weight is 542 g/mol. The predicted octanol–water partition coefficient (Wildman–Crippen LogP) is 3.41. The molecular formula is C28H27N7O5. The number of aromatic nitrogens is 4. The number of benzene rings is 2. The van der Waals surface area contributed by atoms with Crippen molar-refractivity contribution in [3.63, 3.8) is 0 Å². The highest BCUT2D eigenvalue weighted by Crippen LogP contribution is 2.48. The highest BCUT2D eigenvalue weighted by atomic mass is 16.7. The van der Waals surface area contributed by atoms with Gasteiger partial charge in [0, 0.05) is 24.2 Å². The molecule has 4 aromatic rings. The number of piperidine rings is 1. The van der Waals surface area contributed by atoms with Crippen LogP contribution in [0.5, 0.6) is 17.2 Å². The first-order valence-corrected chi connectivity index (χ1v) is 12.8. The van der Waals surface area contributed by atoms with Crippen molar-refractivity contribution in [2.24, 2.45) is 0 Å². The summed E-state index contributed by atoms with van der Waals surface area (Å²) < 4.78 is 18.6. The fourth-order valence-corrected chi connectivity index (χ4v) is 5.14. The summed E-state index contributed by atoms with van der Waals surface area (Å²) in [6.07, 6.45) is 4.35. The zero-order valence-electron chi connectivity index (χ0n) is 21.8. The third kappa shape index (κ3) is 4.32. The fraction of sp³-hybridized carbons (Fsp3) is 0.250. The summed E-state index contributed by atoms with van der Waals surface area (Å²) in [7, 11) is 1.57. The Bertz CT molecular complexity index is 1630. The second kappa shape index (κ2) is 10.2. The maximum atomic E-state index is 12.9. The van der Waals surface area contributed by atoms with Gasteiger partial charge < -0.3 is 30.2 Å². The number of nitrogens with zero attached hydrogens (tertiary/aromatic N) is 5. The number of ether oxygens (including phenoxy) is 3. The van der Waals surface area contributed by atoms with Crippen LogP contribution in [0.2, 0.25) is 0 Å². The molecule has 1 saturated heterocycles. The molecule has 12 heteroatoms. The molecule has 2 aromatic carbocycles. The number of nitrogens with one attached hydrogen (secondary N) is 1. The van der Waals surface area contributed by atoms with E-state index >= 15 is 0 Å². The monoisotopic (exact) mass is 541 g/mol. The number of carbonyl (C=O) groups excluding carboxylic acids is 2. The Morgan fingerprint density at radius 3 is 2.73 bits per heavy atom. The molecule has 0 aliphatic carbocycles. The molecule has 0 saturated carbocycles. The summed E-state index contributed by atoms with van der Waals surface area (Å²) in [5, 5.41) is 8.40. The first kappa shape index (κ1) is 25.2. The van der Waals surface area contributed by atoms with Crippen molar-refractivity contribution in [1.29, 1.82) is 0 Å². The minimum atomic E-state index is -0.309. The minimum Gasteiger partial charge on any atom is -0.497 e. The van der Waals surface area contributed by atoms with Crippen molar-refractivity contribution >= 4 is 34.4 Å². The Morgan fingerprint density at radius 2 is 1.95 bits per heavy atom. The van der Waals surface area contributed by atoms with Crippen LogP contribution in [0.4, 0.5) is 11.5 Å². The first-order chi connectivity index (χ1) is 19.5. The number of nitrogens with two attached hydrogens (primary N) is 1. The van der Waals surface area contributed by atoms with Gasteiger partial charge in [-0.3, -0.25) is 9.59 Å². The summed E-state index contributed by atoms with van der Waals surface area (Å²) in [5.41, 5.74) is 8.96.